The number of carbonyl (C=O) groups excluding carboxylic acids is 2. The SMILES string of the molecule is CCOc1ccc(-c2cc(C(=O)Nc3c(C(=O)Nc4ccc(C)cc4)oc4ccccc34)no2)cc1. The molecule has 3 aromatic carbocycles. The van der Waals surface area contributed by atoms with Crippen molar-refractivity contribution in [2.75, 3.05) is 17.2 Å². The topological polar surface area (TPSA) is 107 Å². The number of rotatable bonds is 7. The first-order valence-electron chi connectivity index (χ1n) is 11.4. The number of amides is 2. The van der Waals surface area contributed by atoms with E-state index in [1.807, 2.05) is 50.2 Å². The first kappa shape index (κ1) is 22.9. The summed E-state index contributed by atoms with van der Waals surface area (Å²) in [6, 6.07) is 23.3. The molecule has 5 rings (SSSR count). The number of aryl methyl sites for hydroxylation is 1. The van der Waals surface area contributed by atoms with Crippen LogP contribution in [0.15, 0.2) is 87.8 Å². The minimum absolute atomic E-state index is 0.0136. The van der Waals surface area contributed by atoms with E-state index in [1.165, 1.54) is 0 Å². The molecule has 8 nitrogen and oxygen atoms in total. The number of hydrogen-bond donors (Lipinski definition) is 2. The molecule has 180 valence electrons. The van der Waals surface area contributed by atoms with Crippen LogP contribution in [0.25, 0.3) is 22.3 Å². The number of hydrogen-bond acceptors (Lipinski definition) is 6. The van der Waals surface area contributed by atoms with Gasteiger partial charge in [0, 0.05) is 22.7 Å². The molecule has 0 atom stereocenters. The van der Waals surface area contributed by atoms with Crippen LogP contribution in [0.2, 0.25) is 0 Å². The Morgan fingerprint density at radius 2 is 1.67 bits per heavy atom. The lowest BCUT2D eigenvalue weighted by Gasteiger charge is -2.06. The zero-order chi connectivity index (χ0) is 25.1. The van der Waals surface area contributed by atoms with Gasteiger partial charge in [0.15, 0.2) is 11.5 Å². The summed E-state index contributed by atoms with van der Waals surface area (Å²) >= 11 is 0. The van der Waals surface area contributed by atoms with Crippen molar-refractivity contribution >= 4 is 34.2 Å². The van der Waals surface area contributed by atoms with Gasteiger partial charge in [0.2, 0.25) is 5.76 Å². The van der Waals surface area contributed by atoms with Gasteiger partial charge < -0.3 is 24.3 Å². The van der Waals surface area contributed by atoms with Crippen molar-refractivity contribution in [3.63, 3.8) is 0 Å². The van der Waals surface area contributed by atoms with Gasteiger partial charge in [0.1, 0.15) is 17.0 Å². The Hall–Kier alpha value is -4.85. The fourth-order valence-corrected chi connectivity index (χ4v) is 3.73. The monoisotopic (exact) mass is 481 g/mol. The second-order valence-electron chi connectivity index (χ2n) is 8.11. The molecule has 5 aromatic rings. The first-order valence-corrected chi connectivity index (χ1v) is 11.4. The molecule has 2 N–H and O–H groups in total. The van der Waals surface area contributed by atoms with Crippen LogP contribution >= 0.6 is 0 Å². The summed E-state index contributed by atoms with van der Waals surface area (Å²) in [7, 11) is 0. The molecule has 0 unspecified atom stereocenters. The second kappa shape index (κ2) is 9.79. The van der Waals surface area contributed by atoms with Crippen LogP contribution in [-0.2, 0) is 0 Å². The highest BCUT2D eigenvalue weighted by atomic mass is 16.5. The van der Waals surface area contributed by atoms with E-state index < -0.39 is 11.8 Å². The summed E-state index contributed by atoms with van der Waals surface area (Å²) in [6.07, 6.45) is 0. The van der Waals surface area contributed by atoms with Gasteiger partial charge in [0.25, 0.3) is 11.8 Å². The molecule has 0 aliphatic carbocycles. The van der Waals surface area contributed by atoms with Gasteiger partial charge >= 0.3 is 0 Å². The highest BCUT2D eigenvalue weighted by molar-refractivity contribution is 6.16. The van der Waals surface area contributed by atoms with Crippen molar-refractivity contribution in [2.24, 2.45) is 0 Å². The Balaban J connectivity index is 1.40. The molecule has 0 bridgehead atoms. The fraction of sp³-hybridized carbons (Fsp3) is 0.107. The summed E-state index contributed by atoms with van der Waals surface area (Å²) in [5.41, 5.74) is 3.22. The Morgan fingerprint density at radius 3 is 2.42 bits per heavy atom. The van der Waals surface area contributed by atoms with E-state index in [0.717, 1.165) is 16.9 Å². The number of nitrogens with zero attached hydrogens (tertiary/aromatic N) is 1. The summed E-state index contributed by atoms with van der Waals surface area (Å²) in [6.45, 7) is 4.44. The smallest absolute Gasteiger partial charge is 0.293 e. The Bertz CT molecular complexity index is 1530. The highest BCUT2D eigenvalue weighted by Crippen LogP contribution is 2.32. The third-order valence-electron chi connectivity index (χ3n) is 5.54. The molecular formula is C28H23N3O5. The molecule has 0 aliphatic heterocycles. The van der Waals surface area contributed by atoms with Crippen molar-refractivity contribution in [1.29, 1.82) is 0 Å². The van der Waals surface area contributed by atoms with Crippen LogP contribution in [-0.4, -0.2) is 23.6 Å². The molecule has 0 aliphatic rings. The normalized spacial score (nSPS) is 10.8. The molecule has 0 saturated heterocycles. The number of anilines is 2. The predicted molar refractivity (Wildman–Crippen MR) is 136 cm³/mol. The van der Waals surface area contributed by atoms with Gasteiger partial charge in [-0.1, -0.05) is 35.0 Å². The number of aromatic nitrogens is 1. The Morgan fingerprint density at radius 1 is 0.917 bits per heavy atom. The third kappa shape index (κ3) is 4.69. The molecule has 36 heavy (non-hydrogen) atoms. The van der Waals surface area contributed by atoms with E-state index in [0.29, 0.717) is 29.0 Å². The predicted octanol–water partition coefficient (Wildman–Crippen LogP) is 6.30. The Kier molecular flexibility index (Phi) is 6.23. The van der Waals surface area contributed by atoms with Gasteiger partial charge in [0.05, 0.1) is 6.61 Å². The van der Waals surface area contributed by atoms with E-state index in [2.05, 4.69) is 15.8 Å². The zero-order valence-electron chi connectivity index (χ0n) is 19.7. The van der Waals surface area contributed by atoms with Gasteiger partial charge in [-0.25, -0.2) is 0 Å². The summed E-state index contributed by atoms with van der Waals surface area (Å²) in [5.74, 6) is 0.132. The average molecular weight is 482 g/mol. The van der Waals surface area contributed by atoms with Crippen LogP contribution in [0.3, 0.4) is 0 Å². The second-order valence-corrected chi connectivity index (χ2v) is 8.11. The summed E-state index contributed by atoms with van der Waals surface area (Å²) < 4.78 is 16.7. The standard InChI is InChI=1S/C28H23N3O5/c1-3-34-20-14-10-18(11-15-20)24-16-22(31-36-24)27(32)30-25-21-6-4-5-7-23(21)35-26(25)28(33)29-19-12-8-17(2)9-13-19/h4-16H,3H2,1-2H3,(H,29,33)(H,30,32). The zero-order valence-corrected chi connectivity index (χ0v) is 19.7. The van der Waals surface area contributed by atoms with Crippen LogP contribution in [0.1, 0.15) is 33.5 Å². The van der Waals surface area contributed by atoms with E-state index >= 15 is 0 Å². The molecule has 0 radical (unpaired) electrons. The molecule has 0 saturated carbocycles. The number of nitrogens with one attached hydrogen (secondary N) is 2. The number of furan rings is 1. The van der Waals surface area contributed by atoms with Gasteiger partial charge in [-0.3, -0.25) is 9.59 Å². The highest BCUT2D eigenvalue weighted by Gasteiger charge is 2.24. The quantitative estimate of drug-likeness (QED) is 0.283. The number of benzene rings is 3. The number of fused-ring (bicyclic) bond motifs is 1. The minimum Gasteiger partial charge on any atom is -0.494 e. The molecule has 0 spiro atoms. The van der Waals surface area contributed by atoms with Gasteiger partial charge in [-0.05, 0) is 62.4 Å². The first-order chi connectivity index (χ1) is 17.5. The Labute approximate surface area is 206 Å². The van der Waals surface area contributed by atoms with E-state index in [1.54, 1.807) is 42.5 Å². The van der Waals surface area contributed by atoms with Crippen LogP contribution in [0, 0.1) is 6.92 Å². The van der Waals surface area contributed by atoms with Crippen LogP contribution < -0.4 is 15.4 Å². The van der Waals surface area contributed by atoms with Gasteiger partial charge in [-0.2, -0.15) is 0 Å². The largest absolute Gasteiger partial charge is 0.494 e. The maximum absolute atomic E-state index is 13.1. The third-order valence-corrected chi connectivity index (χ3v) is 5.54. The lowest BCUT2D eigenvalue weighted by atomic mass is 10.1. The van der Waals surface area contributed by atoms with Crippen LogP contribution in [0.5, 0.6) is 5.75 Å². The van der Waals surface area contributed by atoms with Crippen molar-refractivity contribution in [2.45, 2.75) is 13.8 Å². The van der Waals surface area contributed by atoms with Gasteiger partial charge in [-0.15, -0.1) is 0 Å². The van der Waals surface area contributed by atoms with Crippen molar-refractivity contribution in [3.05, 3.63) is 95.9 Å². The lowest BCUT2D eigenvalue weighted by molar-refractivity contribution is 0.0999. The average Bonchev–Trinajstić information content (AvgIpc) is 3.52. The minimum atomic E-state index is -0.535. The molecule has 2 amide bonds. The van der Waals surface area contributed by atoms with Crippen molar-refractivity contribution < 1.29 is 23.3 Å². The molecule has 2 aromatic heterocycles. The molecule has 0 fully saturated rings. The van der Waals surface area contributed by atoms with Crippen molar-refractivity contribution in [3.8, 4) is 17.1 Å². The maximum atomic E-state index is 13.1. The maximum Gasteiger partial charge on any atom is 0.293 e. The number of para-hydroxylation sites is 1. The van der Waals surface area contributed by atoms with E-state index in [9.17, 15) is 9.59 Å². The van der Waals surface area contributed by atoms with Crippen LogP contribution in [0.4, 0.5) is 11.4 Å². The summed E-state index contributed by atoms with van der Waals surface area (Å²) in [5, 5.41) is 10.1. The number of carbonyl (C=O) groups is 2. The summed E-state index contributed by atoms with van der Waals surface area (Å²) in [4.78, 5) is 26.2. The molecular weight excluding hydrogens is 458 g/mol. The fourth-order valence-electron chi connectivity index (χ4n) is 3.73. The molecule has 2 heterocycles. The molecule has 8 heteroatoms. The number of ether oxygens (including phenoxy) is 1. The lowest BCUT2D eigenvalue weighted by Crippen LogP contribution is -2.17. The van der Waals surface area contributed by atoms with Crippen molar-refractivity contribution in [1.82, 2.24) is 5.16 Å². The van der Waals surface area contributed by atoms with E-state index in [-0.39, 0.29) is 17.1 Å². The van der Waals surface area contributed by atoms with E-state index in [4.69, 9.17) is 13.7 Å².